The van der Waals surface area contributed by atoms with Crippen LogP contribution >= 0.6 is 0 Å². The van der Waals surface area contributed by atoms with Crippen LogP contribution in [0.5, 0.6) is 0 Å². The molecule has 0 saturated heterocycles. The van der Waals surface area contributed by atoms with Crippen molar-refractivity contribution in [2.45, 2.75) is 31.1 Å². The SMILES string of the molecule is Cc1ccc(S(C)(=O)=O)cc1NCc1nccn1CC(F)(F)F. The number of aromatic nitrogens is 2. The summed E-state index contributed by atoms with van der Waals surface area (Å²) in [6.45, 7) is 0.708. The Morgan fingerprint density at radius 2 is 2.00 bits per heavy atom. The van der Waals surface area contributed by atoms with Crippen molar-refractivity contribution in [1.29, 1.82) is 0 Å². The van der Waals surface area contributed by atoms with Crippen molar-refractivity contribution in [2.24, 2.45) is 0 Å². The largest absolute Gasteiger partial charge is 0.406 e. The summed E-state index contributed by atoms with van der Waals surface area (Å²) in [5.74, 6) is 0.214. The van der Waals surface area contributed by atoms with Gasteiger partial charge < -0.3 is 9.88 Å². The van der Waals surface area contributed by atoms with E-state index in [1.807, 2.05) is 0 Å². The average molecular weight is 347 g/mol. The molecule has 1 N–H and O–H groups in total. The second-order valence-corrected chi connectivity index (χ2v) is 7.20. The Balaban J connectivity index is 2.18. The van der Waals surface area contributed by atoms with Gasteiger partial charge in [0.25, 0.3) is 0 Å². The lowest BCUT2D eigenvalue weighted by atomic mass is 10.2. The number of nitrogens with zero attached hydrogens (tertiary/aromatic N) is 2. The van der Waals surface area contributed by atoms with Crippen LogP contribution in [0.2, 0.25) is 0 Å². The minimum absolute atomic E-state index is 0.0527. The van der Waals surface area contributed by atoms with E-state index in [2.05, 4.69) is 10.3 Å². The van der Waals surface area contributed by atoms with Crippen LogP contribution in [0.4, 0.5) is 18.9 Å². The summed E-state index contributed by atoms with van der Waals surface area (Å²) in [4.78, 5) is 4.04. The van der Waals surface area contributed by atoms with Crippen molar-refractivity contribution >= 4 is 15.5 Å². The van der Waals surface area contributed by atoms with Crippen molar-refractivity contribution in [3.8, 4) is 0 Å². The third-order valence-electron chi connectivity index (χ3n) is 3.23. The van der Waals surface area contributed by atoms with Gasteiger partial charge in [-0.2, -0.15) is 13.2 Å². The number of anilines is 1. The van der Waals surface area contributed by atoms with Gasteiger partial charge in [-0.05, 0) is 24.6 Å². The molecule has 0 aliphatic carbocycles. The van der Waals surface area contributed by atoms with Crippen LogP contribution in [0.25, 0.3) is 0 Å². The standard InChI is InChI=1S/C14H16F3N3O2S/c1-10-3-4-11(23(2,21)22)7-12(10)19-8-13-18-5-6-20(13)9-14(15,16)17/h3-7,19H,8-9H2,1-2H3. The lowest BCUT2D eigenvalue weighted by molar-refractivity contribution is -0.141. The number of alkyl halides is 3. The molecule has 0 saturated carbocycles. The van der Waals surface area contributed by atoms with Gasteiger partial charge in [-0.3, -0.25) is 0 Å². The maximum Gasteiger partial charge on any atom is 0.406 e. The van der Waals surface area contributed by atoms with Gasteiger partial charge in [0, 0.05) is 24.3 Å². The third-order valence-corrected chi connectivity index (χ3v) is 4.34. The number of benzene rings is 1. The molecule has 0 bridgehead atoms. The fourth-order valence-electron chi connectivity index (χ4n) is 2.04. The van der Waals surface area contributed by atoms with E-state index in [1.165, 1.54) is 24.5 Å². The molecule has 0 spiro atoms. The molecule has 5 nitrogen and oxygen atoms in total. The summed E-state index contributed by atoms with van der Waals surface area (Å²) < 4.78 is 61.6. The zero-order valence-electron chi connectivity index (χ0n) is 12.6. The molecule has 0 aliphatic rings. The van der Waals surface area contributed by atoms with Crippen molar-refractivity contribution in [3.63, 3.8) is 0 Å². The molecule has 1 heterocycles. The fourth-order valence-corrected chi connectivity index (χ4v) is 2.69. The molecule has 23 heavy (non-hydrogen) atoms. The molecule has 0 radical (unpaired) electrons. The third kappa shape index (κ3) is 4.72. The maximum atomic E-state index is 12.5. The molecule has 9 heteroatoms. The van der Waals surface area contributed by atoms with Crippen LogP contribution in [0.1, 0.15) is 11.4 Å². The molecular weight excluding hydrogens is 331 g/mol. The Labute approximate surface area is 132 Å². The minimum atomic E-state index is -4.33. The van der Waals surface area contributed by atoms with E-state index in [0.29, 0.717) is 5.69 Å². The number of aryl methyl sites for hydroxylation is 1. The van der Waals surface area contributed by atoms with Gasteiger partial charge in [0.2, 0.25) is 0 Å². The number of nitrogens with one attached hydrogen (secondary N) is 1. The fraction of sp³-hybridized carbons (Fsp3) is 0.357. The van der Waals surface area contributed by atoms with Crippen LogP contribution < -0.4 is 5.32 Å². The van der Waals surface area contributed by atoms with Gasteiger partial charge >= 0.3 is 6.18 Å². The highest BCUT2D eigenvalue weighted by Crippen LogP contribution is 2.22. The monoisotopic (exact) mass is 347 g/mol. The van der Waals surface area contributed by atoms with E-state index in [-0.39, 0.29) is 17.3 Å². The predicted molar refractivity (Wildman–Crippen MR) is 79.9 cm³/mol. The number of rotatable bonds is 5. The first kappa shape index (κ1) is 17.3. The highest BCUT2D eigenvalue weighted by atomic mass is 32.2. The van der Waals surface area contributed by atoms with Crippen molar-refractivity contribution in [2.75, 3.05) is 11.6 Å². The van der Waals surface area contributed by atoms with E-state index in [1.54, 1.807) is 13.0 Å². The van der Waals surface area contributed by atoms with E-state index >= 15 is 0 Å². The number of sulfone groups is 1. The van der Waals surface area contributed by atoms with Gasteiger partial charge in [-0.25, -0.2) is 13.4 Å². The van der Waals surface area contributed by atoms with Crippen LogP contribution in [0.15, 0.2) is 35.5 Å². The van der Waals surface area contributed by atoms with Crippen LogP contribution in [-0.4, -0.2) is 30.4 Å². The average Bonchev–Trinajstić information content (AvgIpc) is 2.81. The molecular formula is C14H16F3N3O2S. The summed E-state index contributed by atoms with van der Waals surface area (Å²) in [6.07, 6.45) is -0.689. The van der Waals surface area contributed by atoms with Gasteiger partial charge in [0.15, 0.2) is 9.84 Å². The number of imidazole rings is 1. The number of hydrogen-bond donors (Lipinski definition) is 1. The summed E-state index contributed by atoms with van der Waals surface area (Å²) in [7, 11) is -3.36. The number of halogens is 3. The van der Waals surface area contributed by atoms with Gasteiger partial charge in [-0.1, -0.05) is 6.07 Å². The Hall–Kier alpha value is -2.03. The Morgan fingerprint density at radius 1 is 1.30 bits per heavy atom. The highest BCUT2D eigenvalue weighted by Gasteiger charge is 2.28. The van der Waals surface area contributed by atoms with E-state index in [9.17, 15) is 21.6 Å². The van der Waals surface area contributed by atoms with Crippen molar-refractivity contribution in [1.82, 2.24) is 9.55 Å². The molecule has 1 aromatic carbocycles. The first-order valence-electron chi connectivity index (χ1n) is 6.67. The topological polar surface area (TPSA) is 64.0 Å². The molecule has 0 fully saturated rings. The van der Waals surface area contributed by atoms with Crippen LogP contribution in [-0.2, 0) is 22.9 Å². The Kier molecular flexibility index (Phi) is 4.69. The van der Waals surface area contributed by atoms with Crippen LogP contribution in [0.3, 0.4) is 0 Å². The smallest absolute Gasteiger partial charge is 0.378 e. The van der Waals surface area contributed by atoms with Crippen molar-refractivity contribution < 1.29 is 21.6 Å². The van der Waals surface area contributed by atoms with E-state index < -0.39 is 22.6 Å². The molecule has 1 aromatic heterocycles. The molecule has 2 aromatic rings. The molecule has 2 rings (SSSR count). The predicted octanol–water partition coefficient (Wildman–Crippen LogP) is 2.77. The Bertz CT molecular complexity index is 798. The van der Waals surface area contributed by atoms with E-state index in [4.69, 9.17) is 0 Å². The zero-order valence-corrected chi connectivity index (χ0v) is 13.4. The van der Waals surface area contributed by atoms with E-state index in [0.717, 1.165) is 16.4 Å². The van der Waals surface area contributed by atoms with Gasteiger partial charge in [0.05, 0.1) is 11.4 Å². The summed E-state index contributed by atoms with van der Waals surface area (Å²) >= 11 is 0. The second-order valence-electron chi connectivity index (χ2n) is 5.19. The second kappa shape index (κ2) is 6.23. The first-order valence-corrected chi connectivity index (χ1v) is 8.57. The lowest BCUT2D eigenvalue weighted by Gasteiger charge is -2.13. The van der Waals surface area contributed by atoms with Crippen molar-refractivity contribution in [3.05, 3.63) is 42.0 Å². The van der Waals surface area contributed by atoms with Gasteiger partial charge in [-0.15, -0.1) is 0 Å². The quantitative estimate of drug-likeness (QED) is 0.903. The highest BCUT2D eigenvalue weighted by molar-refractivity contribution is 7.90. The minimum Gasteiger partial charge on any atom is -0.378 e. The zero-order chi connectivity index (χ0) is 17.3. The molecule has 126 valence electrons. The summed E-state index contributed by atoms with van der Waals surface area (Å²) in [5, 5.41) is 2.94. The summed E-state index contributed by atoms with van der Waals surface area (Å²) in [6, 6.07) is 4.59. The normalized spacial score (nSPS) is 12.4. The molecule has 0 atom stereocenters. The number of hydrogen-bond acceptors (Lipinski definition) is 4. The summed E-state index contributed by atoms with van der Waals surface area (Å²) in [5.41, 5.74) is 1.32. The molecule has 0 unspecified atom stereocenters. The van der Waals surface area contributed by atoms with Crippen LogP contribution in [0, 0.1) is 6.92 Å². The molecule has 0 aliphatic heterocycles. The first-order chi connectivity index (χ1) is 10.6. The maximum absolute atomic E-state index is 12.5. The van der Waals surface area contributed by atoms with Gasteiger partial charge in [0.1, 0.15) is 12.4 Å². The lowest BCUT2D eigenvalue weighted by Crippen LogP contribution is -2.20. The molecule has 0 amide bonds. The Morgan fingerprint density at radius 3 is 2.61 bits per heavy atom.